The number of Topliss-reactive ketones (excluding diaryl/α,β-unsaturated/α-hetero) is 1. The van der Waals surface area contributed by atoms with Crippen LogP contribution in [-0.2, 0) is 0 Å². The van der Waals surface area contributed by atoms with E-state index in [1.165, 1.54) is 19.0 Å². The Labute approximate surface area is 195 Å². The van der Waals surface area contributed by atoms with Gasteiger partial charge in [0.2, 0.25) is 5.88 Å². The highest BCUT2D eigenvalue weighted by molar-refractivity contribution is 6.10. The van der Waals surface area contributed by atoms with E-state index in [9.17, 15) is 18.4 Å². The lowest BCUT2D eigenvalue weighted by Crippen LogP contribution is -2.25. The first-order valence-corrected chi connectivity index (χ1v) is 11.1. The van der Waals surface area contributed by atoms with Gasteiger partial charge >= 0.3 is 0 Å². The maximum atomic E-state index is 13.4. The number of likely N-dealkylation sites (tertiary alicyclic amines) is 1. The maximum Gasteiger partial charge on any atom is 0.255 e. The molecule has 0 spiro atoms. The fourth-order valence-corrected chi connectivity index (χ4v) is 3.78. The number of benzene rings is 1. The number of carbonyl (C=O) groups excluding carboxylic acids is 2. The molecule has 1 aliphatic rings. The molecule has 3 aromatic rings. The molecule has 0 bridgehead atoms. The van der Waals surface area contributed by atoms with Gasteiger partial charge in [-0.15, -0.1) is 0 Å². The second-order valence-corrected chi connectivity index (χ2v) is 8.14. The van der Waals surface area contributed by atoms with Crippen LogP contribution >= 0.6 is 0 Å². The van der Waals surface area contributed by atoms with Crippen LogP contribution in [0.5, 0.6) is 5.88 Å². The highest BCUT2D eigenvalue weighted by atomic mass is 19.2. The van der Waals surface area contributed by atoms with Gasteiger partial charge in [0, 0.05) is 36.5 Å². The van der Waals surface area contributed by atoms with E-state index in [0.717, 1.165) is 37.8 Å². The Hall–Kier alpha value is -3.66. The number of hydrogen-bond acceptors (Lipinski definition) is 6. The van der Waals surface area contributed by atoms with E-state index >= 15 is 0 Å². The van der Waals surface area contributed by atoms with Gasteiger partial charge in [0.15, 0.2) is 23.1 Å². The number of halogens is 2. The van der Waals surface area contributed by atoms with Crippen LogP contribution < -0.4 is 10.1 Å². The Bertz CT molecular complexity index is 1160. The monoisotopic (exact) mass is 469 g/mol. The molecule has 4 rings (SSSR count). The molecule has 3 heterocycles. The number of aromatic amines is 1. The van der Waals surface area contributed by atoms with Crippen LogP contribution in [0.1, 0.15) is 52.1 Å². The molecule has 1 aliphatic heterocycles. The number of carbonyl (C=O) groups is 2. The Balaban J connectivity index is 1.37. The number of ketones is 1. The Morgan fingerprint density at radius 1 is 1.18 bits per heavy atom. The van der Waals surface area contributed by atoms with E-state index in [4.69, 9.17) is 4.74 Å². The SMILES string of the molecule is C[C@@H](C(=O)c1n[nH]cc1NC(=O)c1ccc(F)c(F)c1)c1ccc(OCCN2CCCC2)nc1. The largest absolute Gasteiger partial charge is 0.476 e. The number of ether oxygens (including phenoxy) is 1. The van der Waals surface area contributed by atoms with Gasteiger partial charge in [-0.1, -0.05) is 13.0 Å². The molecule has 2 N–H and O–H groups in total. The molecule has 1 aromatic carbocycles. The molecule has 8 nitrogen and oxygen atoms in total. The average Bonchev–Trinajstić information content (AvgIpc) is 3.52. The van der Waals surface area contributed by atoms with Gasteiger partial charge in [0.1, 0.15) is 6.61 Å². The van der Waals surface area contributed by atoms with E-state index < -0.39 is 23.5 Å². The van der Waals surface area contributed by atoms with Crippen LogP contribution in [-0.4, -0.2) is 58.0 Å². The Morgan fingerprint density at radius 2 is 1.97 bits per heavy atom. The summed E-state index contributed by atoms with van der Waals surface area (Å²) in [7, 11) is 0. The van der Waals surface area contributed by atoms with Crippen LogP contribution in [0.2, 0.25) is 0 Å². The second kappa shape index (κ2) is 10.5. The lowest BCUT2D eigenvalue weighted by atomic mass is 9.96. The number of H-pyrrole nitrogens is 1. The minimum Gasteiger partial charge on any atom is -0.476 e. The van der Waals surface area contributed by atoms with Gasteiger partial charge in [-0.2, -0.15) is 5.10 Å². The number of amides is 1. The summed E-state index contributed by atoms with van der Waals surface area (Å²) in [5.41, 5.74) is 0.740. The van der Waals surface area contributed by atoms with E-state index in [1.807, 2.05) is 0 Å². The molecule has 0 radical (unpaired) electrons. The number of nitrogens with zero attached hydrogens (tertiary/aromatic N) is 3. The minimum atomic E-state index is -1.14. The molecular weight excluding hydrogens is 444 g/mol. The summed E-state index contributed by atoms with van der Waals surface area (Å²) in [5, 5.41) is 9.04. The summed E-state index contributed by atoms with van der Waals surface area (Å²) < 4.78 is 32.3. The number of rotatable bonds is 9. The van der Waals surface area contributed by atoms with Crippen LogP contribution in [0.4, 0.5) is 14.5 Å². The van der Waals surface area contributed by atoms with Gasteiger partial charge < -0.3 is 10.1 Å². The Morgan fingerprint density at radius 3 is 2.68 bits per heavy atom. The molecule has 178 valence electrons. The van der Waals surface area contributed by atoms with Crippen LogP contribution in [0.3, 0.4) is 0 Å². The van der Waals surface area contributed by atoms with E-state index in [-0.39, 0.29) is 22.7 Å². The topological polar surface area (TPSA) is 100 Å². The number of nitrogens with one attached hydrogen (secondary N) is 2. The normalized spacial score (nSPS) is 14.7. The van der Waals surface area contributed by atoms with E-state index in [0.29, 0.717) is 18.1 Å². The summed E-state index contributed by atoms with van der Waals surface area (Å²) in [6.07, 6.45) is 5.39. The molecule has 1 amide bonds. The predicted octanol–water partition coefficient (Wildman–Crippen LogP) is 3.80. The summed E-state index contributed by atoms with van der Waals surface area (Å²) in [6, 6.07) is 6.29. The molecule has 1 saturated heterocycles. The third kappa shape index (κ3) is 5.45. The van der Waals surface area contributed by atoms with Crippen LogP contribution in [0, 0.1) is 11.6 Å². The van der Waals surface area contributed by atoms with Crippen molar-refractivity contribution in [2.24, 2.45) is 0 Å². The highest BCUT2D eigenvalue weighted by Gasteiger charge is 2.24. The lowest BCUT2D eigenvalue weighted by molar-refractivity contribution is 0.0961. The summed E-state index contributed by atoms with van der Waals surface area (Å²) in [4.78, 5) is 32.1. The van der Waals surface area contributed by atoms with Crippen molar-refractivity contribution < 1.29 is 23.1 Å². The summed E-state index contributed by atoms with van der Waals surface area (Å²) >= 11 is 0. The molecule has 34 heavy (non-hydrogen) atoms. The third-order valence-corrected chi connectivity index (χ3v) is 5.81. The maximum absolute atomic E-state index is 13.4. The zero-order valence-electron chi connectivity index (χ0n) is 18.7. The van der Waals surface area contributed by atoms with Gasteiger partial charge in [0.25, 0.3) is 5.91 Å². The van der Waals surface area contributed by atoms with Crippen molar-refractivity contribution in [3.05, 3.63) is 71.2 Å². The molecule has 0 aliphatic carbocycles. The average molecular weight is 469 g/mol. The second-order valence-electron chi connectivity index (χ2n) is 8.14. The molecule has 1 fully saturated rings. The molecule has 2 aromatic heterocycles. The standard InChI is InChI=1S/C24H25F2N5O3/c1-15(17-5-7-21(27-13-17)34-11-10-31-8-2-3-9-31)23(32)22-20(14-28-30-22)29-24(33)16-4-6-18(25)19(26)12-16/h4-7,12-15H,2-3,8-11H2,1H3,(H,28,30)(H,29,33)/t15-/m1/s1. The number of anilines is 1. The summed E-state index contributed by atoms with van der Waals surface area (Å²) in [6.45, 7) is 5.33. The fourth-order valence-electron chi connectivity index (χ4n) is 3.78. The summed E-state index contributed by atoms with van der Waals surface area (Å²) in [5.74, 6) is -3.33. The van der Waals surface area contributed by atoms with Crippen LogP contribution in [0.15, 0.2) is 42.7 Å². The quantitative estimate of drug-likeness (QED) is 0.463. The first kappa shape index (κ1) is 23.5. The highest BCUT2D eigenvalue weighted by Crippen LogP contribution is 2.25. The molecule has 0 saturated carbocycles. The van der Waals surface area contributed by atoms with Crippen molar-refractivity contribution in [2.75, 3.05) is 31.6 Å². The van der Waals surface area contributed by atoms with Crippen molar-refractivity contribution in [2.45, 2.75) is 25.7 Å². The minimum absolute atomic E-state index is 0.0226. The van der Waals surface area contributed by atoms with Gasteiger partial charge in [0.05, 0.1) is 5.69 Å². The first-order chi connectivity index (χ1) is 16.4. The van der Waals surface area contributed by atoms with E-state index in [1.54, 1.807) is 25.3 Å². The smallest absolute Gasteiger partial charge is 0.255 e. The van der Waals surface area contributed by atoms with Crippen molar-refractivity contribution in [3.63, 3.8) is 0 Å². The molecule has 1 atom stereocenters. The molecule has 0 unspecified atom stereocenters. The lowest BCUT2D eigenvalue weighted by Gasteiger charge is -2.15. The number of aromatic nitrogens is 3. The van der Waals surface area contributed by atoms with Gasteiger partial charge in [-0.25, -0.2) is 13.8 Å². The van der Waals surface area contributed by atoms with Crippen LogP contribution in [0.25, 0.3) is 0 Å². The van der Waals surface area contributed by atoms with Gasteiger partial charge in [-0.05, 0) is 49.7 Å². The fraction of sp³-hybridized carbons (Fsp3) is 0.333. The van der Waals surface area contributed by atoms with Crippen molar-refractivity contribution in [1.82, 2.24) is 20.1 Å². The Kier molecular flexibility index (Phi) is 7.27. The van der Waals surface area contributed by atoms with Crippen molar-refractivity contribution >= 4 is 17.4 Å². The van der Waals surface area contributed by atoms with Gasteiger partial charge in [-0.3, -0.25) is 19.6 Å². The zero-order valence-corrected chi connectivity index (χ0v) is 18.7. The van der Waals surface area contributed by atoms with Crippen molar-refractivity contribution in [3.8, 4) is 5.88 Å². The molecule has 10 heteroatoms. The molecular formula is C24H25F2N5O3. The number of hydrogen-bond donors (Lipinski definition) is 2. The van der Waals surface area contributed by atoms with E-state index in [2.05, 4.69) is 25.4 Å². The van der Waals surface area contributed by atoms with Crippen molar-refractivity contribution in [1.29, 1.82) is 0 Å². The predicted molar refractivity (Wildman–Crippen MR) is 121 cm³/mol. The third-order valence-electron chi connectivity index (χ3n) is 5.81. The zero-order chi connectivity index (χ0) is 24.1. The first-order valence-electron chi connectivity index (χ1n) is 11.1. The number of pyridine rings is 1.